The maximum absolute atomic E-state index is 13.0. The third kappa shape index (κ3) is 3.21. The van der Waals surface area contributed by atoms with Gasteiger partial charge in [0.15, 0.2) is 0 Å². The van der Waals surface area contributed by atoms with E-state index in [1.54, 1.807) is 17.0 Å². The number of ether oxygens (including phenoxy) is 1. The third-order valence-electron chi connectivity index (χ3n) is 6.97. The van der Waals surface area contributed by atoms with Crippen LogP contribution in [0.5, 0.6) is 0 Å². The van der Waals surface area contributed by atoms with Crippen molar-refractivity contribution in [2.45, 2.75) is 38.6 Å². The number of hydrogen-bond donors (Lipinski definition) is 1. The highest BCUT2D eigenvalue weighted by molar-refractivity contribution is 6.07. The monoisotopic (exact) mass is 423 g/mol. The maximum Gasteiger partial charge on any atom is 0.337 e. The molecule has 1 saturated heterocycles. The van der Waals surface area contributed by atoms with Crippen LogP contribution in [-0.4, -0.2) is 58.7 Å². The minimum absolute atomic E-state index is 0.185. The van der Waals surface area contributed by atoms with Gasteiger partial charge in [0.1, 0.15) is 6.54 Å². The quantitative estimate of drug-likeness (QED) is 0.601. The summed E-state index contributed by atoms with van der Waals surface area (Å²) in [5, 5.41) is 0.884. The molecular formula is C23H25N3O5. The molecule has 162 valence electrons. The van der Waals surface area contributed by atoms with E-state index in [0.29, 0.717) is 25.1 Å². The summed E-state index contributed by atoms with van der Waals surface area (Å²) in [5.41, 5.74) is 3.37. The predicted octanol–water partition coefficient (Wildman–Crippen LogP) is 2.01. The number of carbonyl (C=O) groups is 4. The molecule has 2 aliphatic heterocycles. The fraction of sp³-hybridized carbons (Fsp3) is 0.478. The van der Waals surface area contributed by atoms with E-state index in [1.807, 2.05) is 6.07 Å². The Morgan fingerprint density at radius 1 is 1.13 bits per heavy atom. The van der Waals surface area contributed by atoms with Crippen LogP contribution in [0.25, 0.3) is 10.9 Å². The van der Waals surface area contributed by atoms with Crippen molar-refractivity contribution in [2.75, 3.05) is 20.2 Å². The molecule has 3 amide bonds. The molecule has 1 aliphatic carbocycles. The number of likely N-dealkylation sites (tertiary alicyclic amines) is 1. The molecule has 8 heteroatoms. The highest BCUT2D eigenvalue weighted by atomic mass is 16.5. The van der Waals surface area contributed by atoms with E-state index in [4.69, 9.17) is 4.74 Å². The molecule has 1 aromatic carbocycles. The number of benzene rings is 1. The lowest BCUT2D eigenvalue weighted by Gasteiger charge is -2.28. The van der Waals surface area contributed by atoms with Crippen LogP contribution in [0.1, 0.15) is 47.3 Å². The van der Waals surface area contributed by atoms with Gasteiger partial charge in [-0.15, -0.1) is 0 Å². The molecule has 2 fully saturated rings. The summed E-state index contributed by atoms with van der Waals surface area (Å²) < 4.78 is 4.82. The number of nitrogens with zero attached hydrogens (tertiary/aromatic N) is 2. The summed E-state index contributed by atoms with van der Waals surface area (Å²) in [6.07, 6.45) is 4.06. The largest absolute Gasteiger partial charge is 0.465 e. The topological polar surface area (TPSA) is 99.8 Å². The number of rotatable bonds is 3. The third-order valence-corrected chi connectivity index (χ3v) is 6.97. The van der Waals surface area contributed by atoms with Crippen LogP contribution >= 0.6 is 0 Å². The normalized spacial score (nSPS) is 23.1. The first-order chi connectivity index (χ1) is 15.0. The summed E-state index contributed by atoms with van der Waals surface area (Å²) >= 11 is 0. The Morgan fingerprint density at radius 3 is 2.52 bits per heavy atom. The molecule has 1 saturated carbocycles. The SMILES string of the molecule is COC(=O)c1ccc2[nH]c3c(c2c1)CN(C(=O)CN1C(=O)[C@H]2CCCC[C@@H]2C1=O)CC3. The Morgan fingerprint density at radius 2 is 1.84 bits per heavy atom. The molecule has 5 rings (SSSR count). The van der Waals surface area contributed by atoms with Gasteiger partial charge in [-0.2, -0.15) is 0 Å². The van der Waals surface area contributed by atoms with Gasteiger partial charge in [-0.1, -0.05) is 12.8 Å². The fourth-order valence-electron chi connectivity index (χ4n) is 5.29. The van der Waals surface area contributed by atoms with E-state index in [2.05, 4.69) is 4.98 Å². The Labute approximate surface area is 179 Å². The van der Waals surface area contributed by atoms with Crippen LogP contribution in [0, 0.1) is 11.8 Å². The van der Waals surface area contributed by atoms with Crippen molar-refractivity contribution < 1.29 is 23.9 Å². The van der Waals surface area contributed by atoms with E-state index in [0.717, 1.165) is 47.8 Å². The Bertz CT molecular complexity index is 1080. The summed E-state index contributed by atoms with van der Waals surface area (Å²) in [6, 6.07) is 5.33. The fourth-order valence-corrected chi connectivity index (χ4v) is 5.29. The molecule has 0 radical (unpaired) electrons. The van der Waals surface area contributed by atoms with Crippen molar-refractivity contribution in [1.82, 2.24) is 14.8 Å². The minimum Gasteiger partial charge on any atom is -0.465 e. The van der Waals surface area contributed by atoms with Gasteiger partial charge in [0.25, 0.3) is 0 Å². The Kier molecular flexibility index (Phi) is 4.79. The second-order valence-corrected chi connectivity index (χ2v) is 8.66. The van der Waals surface area contributed by atoms with Crippen molar-refractivity contribution in [3.8, 4) is 0 Å². The summed E-state index contributed by atoms with van der Waals surface area (Å²) in [6.45, 7) is 0.712. The lowest BCUT2D eigenvalue weighted by Crippen LogP contribution is -2.44. The Hall–Kier alpha value is -3.16. The first-order valence-corrected chi connectivity index (χ1v) is 10.8. The van der Waals surface area contributed by atoms with E-state index in [1.165, 1.54) is 12.0 Å². The van der Waals surface area contributed by atoms with Gasteiger partial charge in [-0.05, 0) is 31.0 Å². The van der Waals surface area contributed by atoms with Gasteiger partial charge in [0.2, 0.25) is 17.7 Å². The van der Waals surface area contributed by atoms with Crippen molar-refractivity contribution >= 4 is 34.6 Å². The van der Waals surface area contributed by atoms with Gasteiger partial charge in [0, 0.05) is 41.7 Å². The van der Waals surface area contributed by atoms with Crippen LogP contribution in [0.4, 0.5) is 0 Å². The van der Waals surface area contributed by atoms with Crippen LogP contribution in [-0.2, 0) is 32.1 Å². The number of imide groups is 1. The van der Waals surface area contributed by atoms with Gasteiger partial charge in [-0.25, -0.2) is 4.79 Å². The molecule has 0 unspecified atom stereocenters. The lowest BCUT2D eigenvalue weighted by atomic mass is 9.81. The van der Waals surface area contributed by atoms with Crippen molar-refractivity contribution in [2.24, 2.45) is 11.8 Å². The van der Waals surface area contributed by atoms with E-state index >= 15 is 0 Å². The molecule has 3 heterocycles. The van der Waals surface area contributed by atoms with E-state index in [-0.39, 0.29) is 36.1 Å². The number of aromatic nitrogens is 1. The van der Waals surface area contributed by atoms with Crippen LogP contribution in [0.15, 0.2) is 18.2 Å². The summed E-state index contributed by atoms with van der Waals surface area (Å²) in [5.74, 6) is -1.48. The van der Waals surface area contributed by atoms with Crippen molar-refractivity contribution in [3.05, 3.63) is 35.0 Å². The number of hydrogen-bond acceptors (Lipinski definition) is 5. The maximum atomic E-state index is 13.0. The highest BCUT2D eigenvalue weighted by Crippen LogP contribution is 2.38. The van der Waals surface area contributed by atoms with Gasteiger partial charge >= 0.3 is 5.97 Å². The summed E-state index contributed by atoms with van der Waals surface area (Å²) in [7, 11) is 1.34. The lowest BCUT2D eigenvalue weighted by molar-refractivity contribution is -0.146. The number of methoxy groups -OCH3 is 1. The van der Waals surface area contributed by atoms with Crippen LogP contribution in [0.2, 0.25) is 0 Å². The highest BCUT2D eigenvalue weighted by Gasteiger charge is 2.48. The molecule has 2 aromatic rings. The number of nitrogens with one attached hydrogen (secondary N) is 1. The van der Waals surface area contributed by atoms with Gasteiger partial charge in [-0.3, -0.25) is 19.3 Å². The minimum atomic E-state index is -0.409. The number of esters is 1. The molecule has 3 aliphatic rings. The number of H-pyrrole nitrogens is 1. The second kappa shape index (κ2) is 7.51. The Balaban J connectivity index is 1.35. The molecule has 1 N–H and O–H groups in total. The number of aromatic amines is 1. The smallest absolute Gasteiger partial charge is 0.337 e. The van der Waals surface area contributed by atoms with Gasteiger partial charge in [0.05, 0.1) is 24.5 Å². The van der Waals surface area contributed by atoms with Crippen LogP contribution < -0.4 is 0 Å². The predicted molar refractivity (Wildman–Crippen MR) is 111 cm³/mol. The zero-order valence-corrected chi connectivity index (χ0v) is 17.5. The number of carbonyl (C=O) groups excluding carboxylic acids is 4. The average molecular weight is 423 g/mol. The van der Waals surface area contributed by atoms with Crippen molar-refractivity contribution in [1.29, 1.82) is 0 Å². The molecule has 1 aromatic heterocycles. The first kappa shape index (κ1) is 19.8. The number of fused-ring (bicyclic) bond motifs is 4. The average Bonchev–Trinajstić information content (AvgIpc) is 3.28. The molecule has 2 atom stereocenters. The van der Waals surface area contributed by atoms with Gasteiger partial charge < -0.3 is 14.6 Å². The molecule has 0 spiro atoms. The molecular weight excluding hydrogens is 398 g/mol. The zero-order valence-electron chi connectivity index (χ0n) is 17.5. The van der Waals surface area contributed by atoms with E-state index < -0.39 is 5.97 Å². The van der Waals surface area contributed by atoms with E-state index in [9.17, 15) is 19.2 Å². The first-order valence-electron chi connectivity index (χ1n) is 10.8. The van der Waals surface area contributed by atoms with Crippen molar-refractivity contribution in [3.63, 3.8) is 0 Å². The zero-order chi connectivity index (χ0) is 21.7. The number of amides is 3. The summed E-state index contributed by atoms with van der Waals surface area (Å²) in [4.78, 5) is 56.6. The second-order valence-electron chi connectivity index (χ2n) is 8.66. The standard InChI is InChI=1S/C23H25N3O5/c1-31-23(30)13-6-7-18-16(10-13)17-11-25(9-8-19(17)24-18)20(27)12-26-21(28)14-4-2-3-5-15(14)22(26)29/h6-7,10,14-15,24H,2-5,8-9,11-12H2,1H3/t14-,15-/m0/s1. The molecule has 0 bridgehead atoms. The molecule has 8 nitrogen and oxygen atoms in total. The molecule has 31 heavy (non-hydrogen) atoms. The van der Waals surface area contributed by atoms with Crippen LogP contribution in [0.3, 0.4) is 0 Å².